The molecule has 45 heavy (non-hydrogen) atoms. The van der Waals surface area contributed by atoms with Gasteiger partial charge in [-0.15, -0.1) is 13.2 Å². The van der Waals surface area contributed by atoms with Crippen molar-refractivity contribution in [2.24, 2.45) is 11.8 Å². The van der Waals surface area contributed by atoms with E-state index in [2.05, 4.69) is 34.4 Å². The third-order valence-corrected chi connectivity index (χ3v) is 9.80. The Bertz CT molecular complexity index is 1230. The number of halogens is 1. The standard InChI is InChI=1S/C34H46BrN3O7/c1-4-6-16-26(40)36-21-23(3)44-33(43)27-28-31(41)38(18-12-7-8-13-19-39)30(34(28)20-25(35)29(27)45-34)32(42)37(17-5-2)22-24-14-10-9-11-15-24/h4-5,9-11,14-15,23,25,27-30,39H,1-2,6-8,12-13,16-22H2,3H3,(H,36,40)/t23-,25?,27+,28-,29+,30+,34-/m1/s1. The Balaban J connectivity index is 1.59. The maximum Gasteiger partial charge on any atom is 0.312 e. The number of aliphatic hydroxyl groups excluding tert-OH is 1. The predicted octanol–water partition coefficient (Wildman–Crippen LogP) is 3.52. The zero-order valence-corrected chi connectivity index (χ0v) is 27.7. The Hall–Kier alpha value is -3.02. The summed E-state index contributed by atoms with van der Waals surface area (Å²) in [6, 6.07) is 8.73. The van der Waals surface area contributed by atoms with Crippen LogP contribution in [0.5, 0.6) is 0 Å². The normalized spacial score (nSPS) is 27.1. The van der Waals surface area contributed by atoms with Crippen LogP contribution in [-0.4, -0.2) is 93.5 Å². The van der Waals surface area contributed by atoms with Crippen molar-refractivity contribution in [3.63, 3.8) is 0 Å². The number of benzene rings is 1. The molecule has 1 aromatic carbocycles. The molecule has 10 nitrogen and oxygen atoms in total. The molecular formula is C34H46BrN3O7. The minimum absolute atomic E-state index is 0.105. The summed E-state index contributed by atoms with van der Waals surface area (Å²) in [5.41, 5.74) is -0.247. The van der Waals surface area contributed by atoms with Crippen LogP contribution in [0.1, 0.15) is 57.4 Å². The van der Waals surface area contributed by atoms with Gasteiger partial charge in [0.05, 0.1) is 24.5 Å². The predicted molar refractivity (Wildman–Crippen MR) is 173 cm³/mol. The van der Waals surface area contributed by atoms with Gasteiger partial charge in [0.15, 0.2) is 0 Å². The van der Waals surface area contributed by atoms with E-state index in [1.807, 2.05) is 30.3 Å². The van der Waals surface area contributed by atoms with E-state index in [1.54, 1.807) is 28.9 Å². The van der Waals surface area contributed by atoms with Crippen molar-refractivity contribution in [3.05, 3.63) is 61.2 Å². The van der Waals surface area contributed by atoms with E-state index in [0.717, 1.165) is 18.4 Å². The van der Waals surface area contributed by atoms with E-state index < -0.39 is 41.7 Å². The molecule has 246 valence electrons. The second-order valence-electron chi connectivity index (χ2n) is 12.2. The van der Waals surface area contributed by atoms with Gasteiger partial charge in [0, 0.05) is 37.5 Å². The molecule has 1 aromatic rings. The van der Waals surface area contributed by atoms with Crippen LogP contribution in [0, 0.1) is 11.8 Å². The molecule has 3 amide bonds. The highest BCUT2D eigenvalue weighted by Gasteiger charge is 2.77. The molecule has 3 fully saturated rings. The summed E-state index contributed by atoms with van der Waals surface area (Å²) in [4.78, 5) is 57.7. The molecular weight excluding hydrogens is 642 g/mol. The third kappa shape index (κ3) is 7.69. The number of alkyl halides is 1. The smallest absolute Gasteiger partial charge is 0.312 e. The number of hydrogen-bond acceptors (Lipinski definition) is 7. The fourth-order valence-corrected chi connectivity index (χ4v) is 7.87. The fourth-order valence-electron chi connectivity index (χ4n) is 6.93. The number of nitrogens with one attached hydrogen (secondary N) is 1. The fraction of sp³-hybridized carbons (Fsp3) is 0.588. The van der Waals surface area contributed by atoms with Crippen LogP contribution in [0.15, 0.2) is 55.6 Å². The third-order valence-electron chi connectivity index (χ3n) is 8.96. The van der Waals surface area contributed by atoms with Crippen LogP contribution >= 0.6 is 15.9 Å². The Morgan fingerprint density at radius 1 is 1.20 bits per heavy atom. The number of allylic oxidation sites excluding steroid dienone is 1. The maximum absolute atomic E-state index is 14.5. The maximum atomic E-state index is 14.5. The molecule has 0 aliphatic carbocycles. The zero-order valence-electron chi connectivity index (χ0n) is 26.1. The molecule has 1 unspecified atom stereocenters. The highest BCUT2D eigenvalue weighted by molar-refractivity contribution is 9.09. The van der Waals surface area contributed by atoms with Crippen molar-refractivity contribution >= 4 is 39.6 Å². The van der Waals surface area contributed by atoms with Gasteiger partial charge in [-0.05, 0) is 38.2 Å². The molecule has 0 saturated carbocycles. The Kier molecular flexibility index (Phi) is 12.4. The molecule has 3 heterocycles. The number of hydrogen-bond donors (Lipinski definition) is 2. The molecule has 4 rings (SSSR count). The lowest BCUT2D eigenvalue weighted by Crippen LogP contribution is -2.56. The van der Waals surface area contributed by atoms with Crippen molar-refractivity contribution < 1.29 is 33.8 Å². The second kappa shape index (κ2) is 16.0. The quantitative estimate of drug-likeness (QED) is 0.105. The molecule has 0 aromatic heterocycles. The van der Waals surface area contributed by atoms with Gasteiger partial charge < -0.3 is 29.7 Å². The van der Waals surface area contributed by atoms with Crippen molar-refractivity contribution in [2.75, 3.05) is 26.2 Å². The summed E-state index contributed by atoms with van der Waals surface area (Å²) >= 11 is 3.70. The topological polar surface area (TPSA) is 125 Å². The van der Waals surface area contributed by atoms with Gasteiger partial charge in [-0.1, -0.05) is 71.3 Å². The van der Waals surface area contributed by atoms with Crippen molar-refractivity contribution in [1.82, 2.24) is 15.1 Å². The second-order valence-corrected chi connectivity index (χ2v) is 13.4. The number of nitrogens with zero attached hydrogens (tertiary/aromatic N) is 2. The lowest BCUT2D eigenvalue weighted by Gasteiger charge is -2.37. The summed E-state index contributed by atoms with van der Waals surface area (Å²) < 4.78 is 12.4. The van der Waals surface area contributed by atoms with E-state index >= 15 is 0 Å². The highest BCUT2D eigenvalue weighted by atomic mass is 79.9. The summed E-state index contributed by atoms with van der Waals surface area (Å²) in [5.74, 6) is -3.02. The highest BCUT2D eigenvalue weighted by Crippen LogP contribution is 2.60. The molecule has 1 spiro atoms. The van der Waals surface area contributed by atoms with Crippen molar-refractivity contribution in [1.29, 1.82) is 0 Å². The number of aliphatic hydroxyl groups is 1. The summed E-state index contributed by atoms with van der Waals surface area (Å²) in [6.07, 6.45) is 6.24. The van der Waals surface area contributed by atoms with Crippen molar-refractivity contribution in [2.45, 2.75) is 87.1 Å². The average Bonchev–Trinajstić information content (AvgIpc) is 3.62. The monoisotopic (exact) mass is 687 g/mol. The Morgan fingerprint density at radius 3 is 2.62 bits per heavy atom. The van der Waals surface area contributed by atoms with Crippen LogP contribution in [0.25, 0.3) is 0 Å². The molecule has 11 heteroatoms. The van der Waals surface area contributed by atoms with Gasteiger partial charge in [-0.25, -0.2) is 0 Å². The molecule has 0 radical (unpaired) electrons. The van der Waals surface area contributed by atoms with E-state index in [1.165, 1.54) is 0 Å². The number of amides is 3. The van der Waals surface area contributed by atoms with Gasteiger partial charge in [0.25, 0.3) is 0 Å². The minimum Gasteiger partial charge on any atom is -0.460 e. The lowest BCUT2D eigenvalue weighted by molar-refractivity contribution is -0.159. The summed E-state index contributed by atoms with van der Waals surface area (Å²) in [6.45, 7) is 10.4. The molecule has 3 saturated heterocycles. The number of likely N-dealkylation sites (tertiary alicyclic amines) is 1. The minimum atomic E-state index is -1.19. The number of rotatable bonds is 18. The van der Waals surface area contributed by atoms with E-state index in [0.29, 0.717) is 45.2 Å². The van der Waals surface area contributed by atoms with Gasteiger partial charge in [0.2, 0.25) is 17.7 Å². The SMILES string of the molecule is C=CCCC(=O)NC[C@@H](C)OC(=O)[C@@H]1[C@H]2O[C@@]3(CC2Br)[C@H](C(=O)N(CC=C)Cc2ccccc2)N(CCCCCCO)C(=O)[C@@H]13. The van der Waals surface area contributed by atoms with Crippen LogP contribution in [0.4, 0.5) is 0 Å². The number of carbonyl (C=O) groups is 4. The van der Waals surface area contributed by atoms with E-state index in [-0.39, 0.29) is 42.2 Å². The van der Waals surface area contributed by atoms with E-state index in [9.17, 15) is 24.3 Å². The number of unbranched alkanes of at least 4 members (excludes halogenated alkanes) is 3. The van der Waals surface area contributed by atoms with Gasteiger partial charge in [-0.2, -0.15) is 0 Å². The van der Waals surface area contributed by atoms with Gasteiger partial charge in [0.1, 0.15) is 17.7 Å². The number of fused-ring (bicyclic) bond motifs is 1. The first-order valence-electron chi connectivity index (χ1n) is 15.9. The zero-order chi connectivity index (χ0) is 32.6. The van der Waals surface area contributed by atoms with Crippen molar-refractivity contribution in [3.8, 4) is 0 Å². The van der Waals surface area contributed by atoms with Crippen LogP contribution in [0.2, 0.25) is 0 Å². The molecule has 3 aliphatic rings. The first kappa shape index (κ1) is 34.8. The van der Waals surface area contributed by atoms with Gasteiger partial charge in [-0.3, -0.25) is 19.2 Å². The Labute approximate surface area is 274 Å². The Morgan fingerprint density at radius 2 is 1.93 bits per heavy atom. The summed E-state index contributed by atoms with van der Waals surface area (Å²) in [5, 5.41) is 12.0. The molecule has 2 bridgehead atoms. The molecule has 3 aliphatic heterocycles. The number of carbonyl (C=O) groups excluding carboxylic acids is 4. The first-order chi connectivity index (χ1) is 21.7. The van der Waals surface area contributed by atoms with Crippen LogP contribution in [-0.2, 0) is 35.2 Å². The largest absolute Gasteiger partial charge is 0.460 e. The molecule has 2 N–H and O–H groups in total. The number of ether oxygens (including phenoxy) is 2. The van der Waals surface area contributed by atoms with Crippen LogP contribution in [0.3, 0.4) is 0 Å². The first-order valence-corrected chi connectivity index (χ1v) is 16.8. The average molecular weight is 689 g/mol. The number of esters is 1. The van der Waals surface area contributed by atoms with E-state index in [4.69, 9.17) is 9.47 Å². The lowest BCUT2D eigenvalue weighted by atomic mass is 9.70. The van der Waals surface area contributed by atoms with Gasteiger partial charge >= 0.3 is 5.97 Å². The summed E-state index contributed by atoms with van der Waals surface area (Å²) in [7, 11) is 0. The van der Waals surface area contributed by atoms with Crippen LogP contribution < -0.4 is 5.32 Å². The molecule has 7 atom stereocenters.